The minimum atomic E-state index is -0.0211. The van der Waals surface area contributed by atoms with Crippen LogP contribution in [0.2, 0.25) is 0 Å². The van der Waals surface area contributed by atoms with Gasteiger partial charge in [0.05, 0.1) is 13.0 Å². The molecule has 3 N–H and O–H groups in total. The average Bonchev–Trinajstić information content (AvgIpc) is 2.29. The Hall–Kier alpha value is -1.55. The monoisotopic (exact) mass is 222 g/mol. The molecule has 0 aliphatic rings. The third kappa shape index (κ3) is 3.90. The molecule has 1 amide bonds. The molecule has 0 radical (unpaired) electrons. The molecule has 0 aliphatic heterocycles. The van der Waals surface area contributed by atoms with Crippen LogP contribution in [0.25, 0.3) is 0 Å². The Morgan fingerprint density at radius 3 is 2.56 bits per heavy atom. The zero-order valence-corrected chi connectivity index (χ0v) is 9.69. The van der Waals surface area contributed by atoms with Crippen LogP contribution < -0.4 is 15.8 Å². The summed E-state index contributed by atoms with van der Waals surface area (Å²) in [5.41, 5.74) is 6.80. The van der Waals surface area contributed by atoms with E-state index in [0.717, 1.165) is 11.3 Å². The van der Waals surface area contributed by atoms with Gasteiger partial charge in [0.25, 0.3) is 0 Å². The molecule has 0 heterocycles. The Labute approximate surface area is 95.8 Å². The lowest BCUT2D eigenvalue weighted by Crippen LogP contribution is -2.20. The standard InChI is InChI=1S/C12H18N2O2/c1-9(13)10-3-5-11(6-4-10)16-8-7-12(15)14-2/h3-6,9H,7-8,13H2,1-2H3,(H,14,15)/t9-/m1/s1. The molecule has 0 saturated carbocycles. The molecule has 0 spiro atoms. The van der Waals surface area contributed by atoms with E-state index in [1.807, 2.05) is 31.2 Å². The van der Waals surface area contributed by atoms with E-state index in [1.54, 1.807) is 7.05 Å². The fourth-order valence-electron chi connectivity index (χ4n) is 1.25. The highest BCUT2D eigenvalue weighted by molar-refractivity contribution is 5.75. The predicted octanol–water partition coefficient (Wildman–Crippen LogP) is 1.22. The number of carbonyl (C=O) groups is 1. The first-order valence-electron chi connectivity index (χ1n) is 5.32. The maximum absolute atomic E-state index is 10.9. The van der Waals surface area contributed by atoms with Gasteiger partial charge >= 0.3 is 0 Å². The Kier molecular flexibility index (Phi) is 4.79. The first-order chi connectivity index (χ1) is 7.63. The lowest BCUT2D eigenvalue weighted by Gasteiger charge is -2.08. The molecule has 88 valence electrons. The van der Waals surface area contributed by atoms with Gasteiger partial charge in [-0.1, -0.05) is 12.1 Å². The lowest BCUT2D eigenvalue weighted by atomic mass is 10.1. The van der Waals surface area contributed by atoms with Crippen LogP contribution in [-0.2, 0) is 4.79 Å². The van der Waals surface area contributed by atoms with E-state index in [4.69, 9.17) is 10.5 Å². The Balaban J connectivity index is 2.40. The van der Waals surface area contributed by atoms with Crippen LogP contribution in [0.5, 0.6) is 5.75 Å². The number of ether oxygens (including phenoxy) is 1. The summed E-state index contributed by atoms with van der Waals surface area (Å²) in [7, 11) is 1.61. The molecule has 1 atom stereocenters. The molecule has 1 aromatic carbocycles. The largest absolute Gasteiger partial charge is 0.493 e. The van der Waals surface area contributed by atoms with Crippen molar-refractivity contribution in [2.75, 3.05) is 13.7 Å². The highest BCUT2D eigenvalue weighted by Crippen LogP contribution is 2.15. The first kappa shape index (κ1) is 12.5. The second-order valence-corrected chi connectivity index (χ2v) is 3.63. The summed E-state index contributed by atoms with van der Waals surface area (Å²) in [5, 5.41) is 2.54. The number of hydrogen-bond donors (Lipinski definition) is 2. The van der Waals surface area contributed by atoms with Crippen LogP contribution in [0.4, 0.5) is 0 Å². The van der Waals surface area contributed by atoms with Gasteiger partial charge in [0.15, 0.2) is 0 Å². The molecule has 16 heavy (non-hydrogen) atoms. The van der Waals surface area contributed by atoms with E-state index in [0.29, 0.717) is 13.0 Å². The molecular weight excluding hydrogens is 204 g/mol. The third-order valence-electron chi connectivity index (χ3n) is 2.28. The van der Waals surface area contributed by atoms with Crippen molar-refractivity contribution in [2.45, 2.75) is 19.4 Å². The number of hydrogen-bond acceptors (Lipinski definition) is 3. The van der Waals surface area contributed by atoms with Crippen molar-refractivity contribution in [1.29, 1.82) is 0 Å². The second-order valence-electron chi connectivity index (χ2n) is 3.63. The molecule has 1 rings (SSSR count). The van der Waals surface area contributed by atoms with Crippen molar-refractivity contribution in [2.24, 2.45) is 5.73 Å². The Morgan fingerprint density at radius 1 is 1.44 bits per heavy atom. The number of rotatable bonds is 5. The number of benzene rings is 1. The number of nitrogens with two attached hydrogens (primary N) is 1. The van der Waals surface area contributed by atoms with Gasteiger partial charge in [-0.05, 0) is 24.6 Å². The topological polar surface area (TPSA) is 64.3 Å². The summed E-state index contributed by atoms with van der Waals surface area (Å²) in [5.74, 6) is 0.737. The molecule has 0 bridgehead atoms. The van der Waals surface area contributed by atoms with Crippen LogP contribution in [0.3, 0.4) is 0 Å². The van der Waals surface area contributed by atoms with Gasteiger partial charge in [-0.2, -0.15) is 0 Å². The van der Waals surface area contributed by atoms with E-state index in [1.165, 1.54) is 0 Å². The summed E-state index contributed by atoms with van der Waals surface area (Å²) >= 11 is 0. The fraction of sp³-hybridized carbons (Fsp3) is 0.417. The minimum Gasteiger partial charge on any atom is -0.493 e. The van der Waals surface area contributed by atoms with E-state index in [-0.39, 0.29) is 11.9 Å². The van der Waals surface area contributed by atoms with Crippen LogP contribution in [-0.4, -0.2) is 19.6 Å². The molecule has 0 aliphatic carbocycles. The molecule has 1 aromatic rings. The van der Waals surface area contributed by atoms with Crippen molar-refractivity contribution in [3.63, 3.8) is 0 Å². The van der Waals surface area contributed by atoms with Gasteiger partial charge in [0.1, 0.15) is 5.75 Å². The summed E-state index contributed by atoms with van der Waals surface area (Å²) < 4.78 is 5.41. The van der Waals surface area contributed by atoms with Crippen molar-refractivity contribution in [1.82, 2.24) is 5.32 Å². The maximum Gasteiger partial charge on any atom is 0.223 e. The summed E-state index contributed by atoms with van der Waals surface area (Å²) in [6, 6.07) is 7.62. The number of carbonyl (C=O) groups excluding carboxylic acids is 1. The minimum absolute atomic E-state index is 0.0211. The van der Waals surface area contributed by atoms with Crippen LogP contribution >= 0.6 is 0 Å². The molecule has 0 unspecified atom stereocenters. The summed E-state index contributed by atoms with van der Waals surface area (Å²) in [6.07, 6.45) is 0.367. The molecular formula is C12H18N2O2. The highest BCUT2D eigenvalue weighted by Gasteiger charge is 2.01. The molecule has 4 heteroatoms. The third-order valence-corrected chi connectivity index (χ3v) is 2.28. The SMILES string of the molecule is CNC(=O)CCOc1ccc([C@@H](C)N)cc1. The fourth-order valence-corrected chi connectivity index (χ4v) is 1.25. The normalized spacial score (nSPS) is 11.9. The van der Waals surface area contributed by atoms with Crippen molar-refractivity contribution < 1.29 is 9.53 Å². The quantitative estimate of drug-likeness (QED) is 0.787. The van der Waals surface area contributed by atoms with Gasteiger partial charge in [0.2, 0.25) is 5.91 Å². The van der Waals surface area contributed by atoms with E-state index < -0.39 is 0 Å². The van der Waals surface area contributed by atoms with Crippen molar-refractivity contribution in [3.05, 3.63) is 29.8 Å². The van der Waals surface area contributed by atoms with E-state index in [2.05, 4.69) is 5.32 Å². The average molecular weight is 222 g/mol. The Morgan fingerprint density at radius 2 is 2.06 bits per heavy atom. The zero-order valence-electron chi connectivity index (χ0n) is 9.69. The van der Waals surface area contributed by atoms with E-state index in [9.17, 15) is 4.79 Å². The highest BCUT2D eigenvalue weighted by atomic mass is 16.5. The number of amides is 1. The lowest BCUT2D eigenvalue weighted by molar-refractivity contribution is -0.121. The molecule has 0 fully saturated rings. The van der Waals surface area contributed by atoms with Crippen LogP contribution in [0, 0.1) is 0 Å². The van der Waals surface area contributed by atoms with Crippen molar-refractivity contribution in [3.8, 4) is 5.75 Å². The van der Waals surface area contributed by atoms with Crippen LogP contribution in [0.15, 0.2) is 24.3 Å². The molecule has 0 saturated heterocycles. The zero-order chi connectivity index (χ0) is 12.0. The van der Waals surface area contributed by atoms with E-state index >= 15 is 0 Å². The Bertz CT molecular complexity index is 333. The van der Waals surface area contributed by atoms with Gasteiger partial charge < -0.3 is 15.8 Å². The molecule has 4 nitrogen and oxygen atoms in total. The first-order valence-corrected chi connectivity index (χ1v) is 5.32. The summed E-state index contributed by atoms with van der Waals surface area (Å²) in [4.78, 5) is 10.9. The second kappa shape index (κ2) is 6.12. The smallest absolute Gasteiger partial charge is 0.223 e. The molecule has 0 aromatic heterocycles. The van der Waals surface area contributed by atoms with Gasteiger partial charge in [-0.3, -0.25) is 4.79 Å². The summed E-state index contributed by atoms with van der Waals surface area (Å²) in [6.45, 7) is 2.32. The number of nitrogens with one attached hydrogen (secondary N) is 1. The van der Waals surface area contributed by atoms with Gasteiger partial charge in [-0.15, -0.1) is 0 Å². The predicted molar refractivity (Wildman–Crippen MR) is 63.2 cm³/mol. The van der Waals surface area contributed by atoms with Crippen molar-refractivity contribution >= 4 is 5.91 Å². The van der Waals surface area contributed by atoms with Crippen LogP contribution in [0.1, 0.15) is 24.9 Å². The van der Waals surface area contributed by atoms with Gasteiger partial charge in [-0.25, -0.2) is 0 Å². The maximum atomic E-state index is 10.9. The van der Waals surface area contributed by atoms with Gasteiger partial charge in [0, 0.05) is 13.1 Å².